The predicted octanol–water partition coefficient (Wildman–Crippen LogP) is 2.09. The maximum atomic E-state index is 9.15. The number of benzene rings is 1. The summed E-state index contributed by atoms with van der Waals surface area (Å²) in [6.45, 7) is 0. The number of rotatable bonds is 3. The number of nitrogens with one attached hydrogen (secondary N) is 1. The fourth-order valence-corrected chi connectivity index (χ4v) is 2.26. The van der Waals surface area contributed by atoms with Gasteiger partial charge in [-0.25, -0.2) is 4.98 Å². The molecule has 0 saturated heterocycles. The number of nitriles is 2. The molecule has 0 amide bonds. The minimum Gasteiger partial charge on any atom is -0.493 e. The van der Waals surface area contributed by atoms with E-state index in [1.54, 1.807) is 30.9 Å². The molecule has 22 heavy (non-hydrogen) atoms. The quantitative estimate of drug-likeness (QED) is 0.797. The van der Waals surface area contributed by atoms with Crippen molar-refractivity contribution in [3.05, 3.63) is 35.8 Å². The van der Waals surface area contributed by atoms with Crippen LogP contribution in [0.15, 0.2) is 24.4 Å². The monoisotopic (exact) mass is 293 g/mol. The number of imidazole rings is 2. The van der Waals surface area contributed by atoms with Gasteiger partial charge in [-0.2, -0.15) is 10.5 Å². The summed E-state index contributed by atoms with van der Waals surface area (Å²) in [4.78, 5) is 7.18. The average Bonchev–Trinajstić information content (AvgIpc) is 3.10. The fraction of sp³-hybridized carbons (Fsp3) is 0.133. The molecule has 7 heteroatoms. The zero-order valence-corrected chi connectivity index (χ0v) is 11.9. The fourth-order valence-electron chi connectivity index (χ4n) is 2.26. The van der Waals surface area contributed by atoms with Crippen molar-refractivity contribution in [2.24, 2.45) is 0 Å². The Kier molecular flexibility index (Phi) is 3.17. The molecule has 0 radical (unpaired) electrons. The third kappa shape index (κ3) is 1.93. The molecule has 0 aliphatic rings. The standard InChI is InChI=1S/C15H11N5O2/c1-21-13-4-3-9(5-14(13)22-2)11-8-20-12(7-17)10(6-16)18-15(20)19-11/h3-5,8H,1-2H3,(H,18,19). The minimum absolute atomic E-state index is 0.104. The topological polar surface area (TPSA) is 99.1 Å². The normalized spacial score (nSPS) is 10.2. The lowest BCUT2D eigenvalue weighted by Crippen LogP contribution is -1.91. The second-order valence-electron chi connectivity index (χ2n) is 4.46. The molecule has 0 fully saturated rings. The first kappa shape index (κ1) is 13.5. The van der Waals surface area contributed by atoms with Crippen LogP contribution in [0, 0.1) is 22.7 Å². The SMILES string of the molecule is COc1ccc(-c2cn3c(C#N)c(C#N)nc3[nH]2)cc1OC. The number of aromatic amines is 1. The molecular weight excluding hydrogens is 282 g/mol. The number of ether oxygens (including phenoxy) is 2. The second-order valence-corrected chi connectivity index (χ2v) is 4.46. The van der Waals surface area contributed by atoms with E-state index in [0.717, 1.165) is 11.3 Å². The van der Waals surface area contributed by atoms with E-state index >= 15 is 0 Å². The van der Waals surface area contributed by atoms with Gasteiger partial charge in [-0.1, -0.05) is 0 Å². The van der Waals surface area contributed by atoms with Crippen molar-refractivity contribution >= 4 is 5.78 Å². The molecular formula is C15H11N5O2. The van der Waals surface area contributed by atoms with E-state index in [9.17, 15) is 0 Å². The lowest BCUT2D eigenvalue weighted by Gasteiger charge is -2.08. The molecule has 0 aliphatic heterocycles. The van der Waals surface area contributed by atoms with Gasteiger partial charge in [-0.15, -0.1) is 0 Å². The van der Waals surface area contributed by atoms with Gasteiger partial charge >= 0.3 is 0 Å². The van der Waals surface area contributed by atoms with Gasteiger partial charge in [0, 0.05) is 11.8 Å². The highest BCUT2D eigenvalue weighted by Gasteiger charge is 2.15. The summed E-state index contributed by atoms with van der Waals surface area (Å²) in [6, 6.07) is 9.37. The van der Waals surface area contributed by atoms with Crippen LogP contribution < -0.4 is 9.47 Å². The summed E-state index contributed by atoms with van der Waals surface area (Å²) in [7, 11) is 3.14. The Bertz CT molecular complexity index is 939. The van der Waals surface area contributed by atoms with Gasteiger partial charge < -0.3 is 14.5 Å². The van der Waals surface area contributed by atoms with Gasteiger partial charge in [-0.3, -0.25) is 4.40 Å². The smallest absolute Gasteiger partial charge is 0.214 e. The molecule has 1 N–H and O–H groups in total. The molecule has 3 rings (SSSR count). The highest BCUT2D eigenvalue weighted by Crippen LogP contribution is 2.32. The Balaban J connectivity index is 2.14. The van der Waals surface area contributed by atoms with E-state index < -0.39 is 0 Å². The van der Waals surface area contributed by atoms with Crippen LogP contribution in [0.4, 0.5) is 0 Å². The van der Waals surface area contributed by atoms with Crippen molar-refractivity contribution in [3.8, 4) is 34.9 Å². The third-order valence-electron chi connectivity index (χ3n) is 3.32. The molecule has 0 unspecified atom stereocenters. The maximum Gasteiger partial charge on any atom is 0.214 e. The van der Waals surface area contributed by atoms with Gasteiger partial charge in [-0.05, 0) is 18.2 Å². The molecule has 3 aromatic rings. The number of methoxy groups -OCH3 is 2. The molecule has 2 heterocycles. The van der Waals surface area contributed by atoms with E-state index in [-0.39, 0.29) is 11.4 Å². The Morgan fingerprint density at radius 1 is 1.14 bits per heavy atom. The third-order valence-corrected chi connectivity index (χ3v) is 3.32. The number of hydrogen-bond acceptors (Lipinski definition) is 5. The molecule has 0 saturated carbocycles. The molecule has 0 atom stereocenters. The van der Waals surface area contributed by atoms with Crippen molar-refractivity contribution in [3.63, 3.8) is 0 Å². The Morgan fingerprint density at radius 2 is 1.91 bits per heavy atom. The first-order chi connectivity index (χ1) is 10.7. The summed E-state index contributed by atoms with van der Waals surface area (Å²) in [5.74, 6) is 1.68. The van der Waals surface area contributed by atoms with Crippen molar-refractivity contribution in [1.82, 2.24) is 14.4 Å². The number of aromatic nitrogens is 3. The van der Waals surface area contributed by atoms with Crippen molar-refractivity contribution < 1.29 is 9.47 Å². The van der Waals surface area contributed by atoms with Gasteiger partial charge in [0.05, 0.1) is 19.9 Å². The van der Waals surface area contributed by atoms with Gasteiger partial charge in [0.2, 0.25) is 5.78 Å². The Hall–Kier alpha value is -3.45. The van der Waals surface area contributed by atoms with Crippen molar-refractivity contribution in [2.75, 3.05) is 14.2 Å². The second kappa shape index (κ2) is 5.15. The van der Waals surface area contributed by atoms with E-state index in [2.05, 4.69) is 9.97 Å². The molecule has 108 valence electrons. The summed E-state index contributed by atoms with van der Waals surface area (Å²) in [5.41, 5.74) is 1.92. The number of hydrogen-bond donors (Lipinski definition) is 1. The minimum atomic E-state index is 0.104. The zero-order valence-electron chi connectivity index (χ0n) is 11.9. The van der Waals surface area contributed by atoms with Crippen molar-refractivity contribution in [2.45, 2.75) is 0 Å². The van der Waals surface area contributed by atoms with Crippen LogP contribution in [-0.2, 0) is 0 Å². The van der Waals surface area contributed by atoms with Crippen LogP contribution in [-0.4, -0.2) is 28.6 Å². The molecule has 0 spiro atoms. The molecule has 0 aliphatic carbocycles. The zero-order chi connectivity index (χ0) is 15.7. The maximum absolute atomic E-state index is 9.15. The Morgan fingerprint density at radius 3 is 2.55 bits per heavy atom. The predicted molar refractivity (Wildman–Crippen MR) is 77.5 cm³/mol. The lowest BCUT2D eigenvalue weighted by molar-refractivity contribution is 0.355. The first-order valence-corrected chi connectivity index (χ1v) is 6.35. The summed E-state index contributed by atoms with van der Waals surface area (Å²) in [5, 5.41) is 18.1. The molecule has 1 aromatic carbocycles. The first-order valence-electron chi connectivity index (χ1n) is 6.35. The molecule has 7 nitrogen and oxygen atoms in total. The van der Waals surface area contributed by atoms with Crippen LogP contribution in [0.2, 0.25) is 0 Å². The largest absolute Gasteiger partial charge is 0.493 e. The highest BCUT2D eigenvalue weighted by atomic mass is 16.5. The van der Waals surface area contributed by atoms with Crippen LogP contribution in [0.25, 0.3) is 17.0 Å². The lowest BCUT2D eigenvalue weighted by atomic mass is 10.1. The van der Waals surface area contributed by atoms with Crippen LogP contribution in [0.1, 0.15) is 11.4 Å². The Labute approximate surface area is 126 Å². The van der Waals surface area contributed by atoms with Crippen LogP contribution >= 0.6 is 0 Å². The van der Waals surface area contributed by atoms with E-state index in [1.165, 1.54) is 0 Å². The summed E-state index contributed by atoms with van der Waals surface area (Å²) < 4.78 is 12.0. The number of H-pyrrole nitrogens is 1. The van der Waals surface area contributed by atoms with E-state index in [4.69, 9.17) is 20.0 Å². The van der Waals surface area contributed by atoms with E-state index in [1.807, 2.05) is 24.3 Å². The van der Waals surface area contributed by atoms with Crippen molar-refractivity contribution in [1.29, 1.82) is 10.5 Å². The van der Waals surface area contributed by atoms with Gasteiger partial charge in [0.15, 0.2) is 22.9 Å². The highest BCUT2D eigenvalue weighted by molar-refractivity contribution is 5.66. The van der Waals surface area contributed by atoms with Crippen LogP contribution in [0.3, 0.4) is 0 Å². The molecule has 2 aromatic heterocycles. The average molecular weight is 293 g/mol. The number of fused-ring (bicyclic) bond motifs is 1. The van der Waals surface area contributed by atoms with Crippen LogP contribution in [0.5, 0.6) is 11.5 Å². The van der Waals surface area contributed by atoms with Gasteiger partial charge in [0.25, 0.3) is 0 Å². The number of nitrogens with zero attached hydrogens (tertiary/aromatic N) is 4. The summed E-state index contributed by atoms with van der Waals surface area (Å²) >= 11 is 0. The van der Waals surface area contributed by atoms with Gasteiger partial charge in [0.1, 0.15) is 12.1 Å². The summed E-state index contributed by atoms with van der Waals surface area (Å²) in [6.07, 6.45) is 1.73. The molecule has 0 bridgehead atoms. The van der Waals surface area contributed by atoms with E-state index in [0.29, 0.717) is 17.3 Å².